The number of hydrogen-bond donors (Lipinski definition) is 1. The summed E-state index contributed by atoms with van der Waals surface area (Å²) in [5, 5.41) is 8.80. The maximum atomic E-state index is 8.80. The molecule has 4 nitrogen and oxygen atoms in total. The number of pyridine rings is 1. The van der Waals surface area contributed by atoms with Gasteiger partial charge in [0.05, 0.1) is 35.2 Å². The molecular formula is C14H14N4. The Balaban J connectivity index is 2.19. The van der Waals surface area contributed by atoms with E-state index in [1.54, 1.807) is 18.3 Å². The molecular weight excluding hydrogens is 224 g/mol. The molecule has 0 aliphatic carbocycles. The number of aromatic nitrogens is 1. The maximum absolute atomic E-state index is 8.80. The van der Waals surface area contributed by atoms with Crippen LogP contribution < -0.4 is 10.6 Å². The second kappa shape index (κ2) is 5.19. The zero-order valence-electron chi connectivity index (χ0n) is 10.2. The highest BCUT2D eigenvalue weighted by molar-refractivity contribution is 5.69. The number of nitrogens with two attached hydrogens (primary N) is 1. The number of rotatable bonds is 3. The molecule has 0 amide bonds. The fraction of sp³-hybridized carbons (Fsp3) is 0.143. The molecule has 18 heavy (non-hydrogen) atoms. The van der Waals surface area contributed by atoms with Crippen molar-refractivity contribution < 1.29 is 0 Å². The minimum Gasteiger partial charge on any atom is -0.397 e. The monoisotopic (exact) mass is 238 g/mol. The molecule has 0 aliphatic rings. The average molecular weight is 238 g/mol. The van der Waals surface area contributed by atoms with E-state index in [2.05, 4.69) is 11.1 Å². The quantitative estimate of drug-likeness (QED) is 0.832. The van der Waals surface area contributed by atoms with Crippen LogP contribution in [0.4, 0.5) is 11.4 Å². The van der Waals surface area contributed by atoms with Gasteiger partial charge in [-0.25, -0.2) is 0 Å². The lowest BCUT2D eigenvalue weighted by Gasteiger charge is -2.20. The van der Waals surface area contributed by atoms with Crippen LogP contribution in [0.5, 0.6) is 0 Å². The highest BCUT2D eigenvalue weighted by atomic mass is 15.1. The lowest BCUT2D eigenvalue weighted by atomic mass is 10.1. The van der Waals surface area contributed by atoms with Crippen LogP contribution in [0.2, 0.25) is 0 Å². The van der Waals surface area contributed by atoms with E-state index < -0.39 is 0 Å². The van der Waals surface area contributed by atoms with E-state index in [1.165, 1.54) is 0 Å². The van der Waals surface area contributed by atoms with Gasteiger partial charge in [-0.2, -0.15) is 5.26 Å². The van der Waals surface area contributed by atoms with Gasteiger partial charge in [0.1, 0.15) is 0 Å². The molecule has 1 heterocycles. The van der Waals surface area contributed by atoms with Crippen LogP contribution in [0.3, 0.4) is 0 Å². The molecule has 0 atom stereocenters. The standard InChI is InChI=1S/C14H14N4/c1-18(10-12-4-2-3-7-17-12)14-6-5-11(9-15)8-13(14)16/h2-8H,10,16H2,1H3. The van der Waals surface area contributed by atoms with Gasteiger partial charge in [-0.15, -0.1) is 0 Å². The highest BCUT2D eigenvalue weighted by Crippen LogP contribution is 2.24. The topological polar surface area (TPSA) is 65.9 Å². The number of benzene rings is 1. The van der Waals surface area contributed by atoms with Gasteiger partial charge >= 0.3 is 0 Å². The molecule has 2 rings (SSSR count). The number of nitriles is 1. The van der Waals surface area contributed by atoms with E-state index >= 15 is 0 Å². The number of nitrogen functional groups attached to an aromatic ring is 1. The SMILES string of the molecule is CN(Cc1ccccn1)c1ccc(C#N)cc1N. The van der Waals surface area contributed by atoms with E-state index in [0.29, 0.717) is 17.8 Å². The maximum Gasteiger partial charge on any atom is 0.0992 e. The minimum absolute atomic E-state index is 0.572. The number of anilines is 2. The van der Waals surface area contributed by atoms with E-state index in [9.17, 15) is 0 Å². The molecule has 0 spiro atoms. The molecule has 1 aromatic carbocycles. The summed E-state index contributed by atoms with van der Waals surface area (Å²) in [6, 6.07) is 13.2. The van der Waals surface area contributed by atoms with Crippen LogP contribution >= 0.6 is 0 Å². The normalized spacial score (nSPS) is 9.78. The first-order valence-electron chi connectivity index (χ1n) is 5.61. The molecule has 1 aromatic heterocycles. The largest absolute Gasteiger partial charge is 0.397 e. The van der Waals surface area contributed by atoms with E-state index in [0.717, 1.165) is 11.4 Å². The van der Waals surface area contributed by atoms with Gasteiger partial charge in [-0.3, -0.25) is 4.98 Å². The first-order valence-corrected chi connectivity index (χ1v) is 5.61. The van der Waals surface area contributed by atoms with Gasteiger partial charge < -0.3 is 10.6 Å². The van der Waals surface area contributed by atoms with Gasteiger partial charge in [-0.05, 0) is 30.3 Å². The van der Waals surface area contributed by atoms with Crippen molar-refractivity contribution in [2.24, 2.45) is 0 Å². The lowest BCUT2D eigenvalue weighted by Crippen LogP contribution is -2.18. The first kappa shape index (κ1) is 11.9. The highest BCUT2D eigenvalue weighted by Gasteiger charge is 2.07. The van der Waals surface area contributed by atoms with Crippen molar-refractivity contribution >= 4 is 11.4 Å². The van der Waals surface area contributed by atoms with Crippen LogP contribution in [-0.2, 0) is 6.54 Å². The molecule has 2 N–H and O–H groups in total. The summed E-state index contributed by atoms with van der Waals surface area (Å²) in [4.78, 5) is 6.29. The average Bonchev–Trinajstić information content (AvgIpc) is 2.39. The molecule has 0 aliphatic heterocycles. The molecule has 90 valence electrons. The van der Waals surface area contributed by atoms with E-state index in [-0.39, 0.29) is 0 Å². The summed E-state index contributed by atoms with van der Waals surface area (Å²) in [5.41, 5.74) is 8.99. The Kier molecular flexibility index (Phi) is 3.44. The third-order valence-corrected chi connectivity index (χ3v) is 2.69. The minimum atomic E-state index is 0.572. The fourth-order valence-electron chi connectivity index (χ4n) is 1.79. The Hall–Kier alpha value is -2.54. The Morgan fingerprint density at radius 1 is 1.33 bits per heavy atom. The van der Waals surface area contributed by atoms with Gasteiger partial charge in [-0.1, -0.05) is 6.07 Å². The molecule has 0 saturated carbocycles. The van der Waals surface area contributed by atoms with Crippen LogP contribution in [0.15, 0.2) is 42.6 Å². The van der Waals surface area contributed by atoms with Crippen LogP contribution in [-0.4, -0.2) is 12.0 Å². The fourth-order valence-corrected chi connectivity index (χ4v) is 1.79. The molecule has 0 bridgehead atoms. The lowest BCUT2D eigenvalue weighted by molar-refractivity contribution is 0.886. The molecule has 2 aromatic rings. The second-order valence-electron chi connectivity index (χ2n) is 4.06. The molecule has 0 radical (unpaired) electrons. The zero-order chi connectivity index (χ0) is 13.0. The molecule has 0 saturated heterocycles. The summed E-state index contributed by atoms with van der Waals surface area (Å²) in [5.74, 6) is 0. The Morgan fingerprint density at radius 2 is 2.17 bits per heavy atom. The zero-order valence-corrected chi connectivity index (χ0v) is 10.2. The Morgan fingerprint density at radius 3 is 2.78 bits per heavy atom. The van der Waals surface area contributed by atoms with Crippen molar-refractivity contribution in [1.82, 2.24) is 4.98 Å². The number of hydrogen-bond acceptors (Lipinski definition) is 4. The van der Waals surface area contributed by atoms with Crippen LogP contribution in [0.25, 0.3) is 0 Å². The Bertz CT molecular complexity index is 572. The third kappa shape index (κ3) is 2.58. The van der Waals surface area contributed by atoms with Crippen LogP contribution in [0.1, 0.15) is 11.3 Å². The molecule has 0 fully saturated rings. The summed E-state index contributed by atoms with van der Waals surface area (Å²) < 4.78 is 0. The van der Waals surface area contributed by atoms with Gasteiger partial charge in [0, 0.05) is 13.2 Å². The van der Waals surface area contributed by atoms with E-state index in [4.69, 9.17) is 11.0 Å². The van der Waals surface area contributed by atoms with Crippen molar-refractivity contribution in [1.29, 1.82) is 5.26 Å². The van der Waals surface area contributed by atoms with Crippen LogP contribution in [0, 0.1) is 11.3 Å². The van der Waals surface area contributed by atoms with Gasteiger partial charge in [0.15, 0.2) is 0 Å². The van der Waals surface area contributed by atoms with Crippen molar-refractivity contribution in [3.63, 3.8) is 0 Å². The van der Waals surface area contributed by atoms with Crippen molar-refractivity contribution in [2.45, 2.75) is 6.54 Å². The van der Waals surface area contributed by atoms with Gasteiger partial charge in [0.25, 0.3) is 0 Å². The smallest absolute Gasteiger partial charge is 0.0992 e. The summed E-state index contributed by atoms with van der Waals surface area (Å²) in [6.45, 7) is 0.678. The number of nitrogens with zero attached hydrogens (tertiary/aromatic N) is 3. The van der Waals surface area contributed by atoms with E-state index in [1.807, 2.05) is 36.2 Å². The summed E-state index contributed by atoms with van der Waals surface area (Å²) in [7, 11) is 1.95. The van der Waals surface area contributed by atoms with Crippen molar-refractivity contribution in [2.75, 3.05) is 17.7 Å². The first-order chi connectivity index (χ1) is 8.70. The second-order valence-corrected chi connectivity index (χ2v) is 4.06. The van der Waals surface area contributed by atoms with Crippen molar-refractivity contribution in [3.8, 4) is 6.07 Å². The van der Waals surface area contributed by atoms with Crippen molar-refractivity contribution in [3.05, 3.63) is 53.9 Å². The Labute approximate surface area is 106 Å². The molecule has 4 heteroatoms. The third-order valence-electron chi connectivity index (χ3n) is 2.69. The van der Waals surface area contributed by atoms with Gasteiger partial charge in [0.2, 0.25) is 0 Å². The summed E-state index contributed by atoms with van der Waals surface area (Å²) in [6.07, 6.45) is 1.77. The summed E-state index contributed by atoms with van der Waals surface area (Å²) >= 11 is 0. The predicted molar refractivity (Wildman–Crippen MR) is 71.9 cm³/mol. The molecule has 0 unspecified atom stereocenters. The predicted octanol–water partition coefficient (Wildman–Crippen LogP) is 2.17.